The molecule has 33 heavy (non-hydrogen) atoms. The quantitative estimate of drug-likeness (QED) is 0.510. The van der Waals surface area contributed by atoms with Gasteiger partial charge in [0.1, 0.15) is 5.82 Å². The molecule has 2 aromatic rings. The fraction of sp³-hybridized carbons (Fsp3) is 0.500. The normalized spacial score (nSPS) is 14.0. The number of nitrogens with zero attached hydrogens (tertiary/aromatic N) is 3. The van der Waals surface area contributed by atoms with E-state index in [0.29, 0.717) is 23.9 Å². The highest BCUT2D eigenvalue weighted by molar-refractivity contribution is 8.00. The van der Waals surface area contributed by atoms with Crippen LogP contribution in [-0.4, -0.2) is 53.6 Å². The maximum atomic E-state index is 12.9. The highest BCUT2D eigenvalue weighted by Crippen LogP contribution is 2.26. The van der Waals surface area contributed by atoms with Gasteiger partial charge >= 0.3 is 0 Å². The molecule has 1 aromatic carbocycles. The van der Waals surface area contributed by atoms with E-state index in [0.717, 1.165) is 42.2 Å². The van der Waals surface area contributed by atoms with E-state index in [-0.39, 0.29) is 11.8 Å². The van der Waals surface area contributed by atoms with E-state index in [4.69, 9.17) is 0 Å². The lowest BCUT2D eigenvalue weighted by Crippen LogP contribution is -2.39. The minimum atomic E-state index is -0.140. The van der Waals surface area contributed by atoms with E-state index < -0.39 is 0 Å². The highest BCUT2D eigenvalue weighted by atomic mass is 32.2. The Balaban J connectivity index is 1.55. The van der Waals surface area contributed by atoms with Gasteiger partial charge in [-0.05, 0) is 50.5 Å². The Hall–Kier alpha value is -2.54. The molecule has 2 amide bonds. The predicted molar refractivity (Wildman–Crippen MR) is 136 cm³/mol. The number of rotatable bonds is 10. The molecule has 178 valence electrons. The molecule has 1 fully saturated rings. The van der Waals surface area contributed by atoms with Gasteiger partial charge < -0.3 is 15.1 Å². The van der Waals surface area contributed by atoms with Gasteiger partial charge in [-0.15, -0.1) is 11.8 Å². The molecule has 0 spiro atoms. The average molecular weight is 469 g/mol. The standard InChI is InChI=1S/C26H36N4O2S/c1-4-30(5-2)24-16-15-20(17-27-24)18-28-26(32)22-13-9-10-14-23(22)33-19-25(31)29(3)21-11-7-6-8-12-21/h9-10,13-17,21H,4-8,11-12,18-19H2,1-3H3,(H,28,32). The fourth-order valence-electron chi connectivity index (χ4n) is 4.23. The van der Waals surface area contributed by atoms with Crippen LogP contribution < -0.4 is 10.2 Å². The number of hydrogen-bond acceptors (Lipinski definition) is 5. The van der Waals surface area contributed by atoms with Crippen LogP contribution in [0.4, 0.5) is 5.82 Å². The molecular formula is C26H36N4O2S. The minimum Gasteiger partial charge on any atom is -0.357 e. The first-order valence-electron chi connectivity index (χ1n) is 12.0. The van der Waals surface area contributed by atoms with Crippen molar-refractivity contribution in [2.24, 2.45) is 0 Å². The molecule has 7 heteroatoms. The van der Waals surface area contributed by atoms with Gasteiger partial charge in [-0.2, -0.15) is 0 Å². The molecule has 1 aliphatic rings. The summed E-state index contributed by atoms with van der Waals surface area (Å²) in [4.78, 5) is 35.0. The SMILES string of the molecule is CCN(CC)c1ccc(CNC(=O)c2ccccc2SCC(=O)N(C)C2CCCCC2)cn1. The molecule has 0 unspecified atom stereocenters. The van der Waals surface area contributed by atoms with E-state index in [1.807, 2.05) is 54.5 Å². The molecule has 3 rings (SSSR count). The van der Waals surface area contributed by atoms with Crippen molar-refractivity contribution in [3.8, 4) is 0 Å². The summed E-state index contributed by atoms with van der Waals surface area (Å²) in [7, 11) is 1.91. The number of thioether (sulfide) groups is 1. The summed E-state index contributed by atoms with van der Waals surface area (Å²) < 4.78 is 0. The van der Waals surface area contributed by atoms with Crippen molar-refractivity contribution < 1.29 is 9.59 Å². The smallest absolute Gasteiger partial charge is 0.252 e. The second-order valence-corrected chi connectivity index (χ2v) is 9.48. The Morgan fingerprint density at radius 2 is 1.79 bits per heavy atom. The van der Waals surface area contributed by atoms with Gasteiger partial charge in [-0.3, -0.25) is 9.59 Å². The van der Waals surface area contributed by atoms with Crippen molar-refractivity contribution in [1.29, 1.82) is 0 Å². The second kappa shape index (κ2) is 12.6. The Labute approximate surface area is 202 Å². The third-order valence-corrected chi connectivity index (χ3v) is 7.41. The van der Waals surface area contributed by atoms with Crippen LogP contribution in [0.2, 0.25) is 0 Å². The van der Waals surface area contributed by atoms with Gasteiger partial charge in [0.25, 0.3) is 5.91 Å². The van der Waals surface area contributed by atoms with Gasteiger partial charge in [-0.25, -0.2) is 4.98 Å². The first-order chi connectivity index (χ1) is 16.0. The van der Waals surface area contributed by atoms with Gasteiger partial charge in [0, 0.05) is 43.8 Å². The fourth-order valence-corrected chi connectivity index (χ4v) is 5.20. The number of benzene rings is 1. The van der Waals surface area contributed by atoms with Crippen molar-refractivity contribution in [2.45, 2.75) is 63.4 Å². The monoisotopic (exact) mass is 468 g/mol. The van der Waals surface area contributed by atoms with Crippen LogP contribution in [0, 0.1) is 0 Å². The summed E-state index contributed by atoms with van der Waals surface area (Å²) in [5, 5.41) is 2.99. The zero-order chi connectivity index (χ0) is 23.6. The summed E-state index contributed by atoms with van der Waals surface area (Å²) in [6.07, 6.45) is 7.67. The molecule has 0 radical (unpaired) electrons. The number of amides is 2. The van der Waals surface area contributed by atoms with Gasteiger partial charge in [-0.1, -0.05) is 37.5 Å². The molecule has 1 aliphatic carbocycles. The molecule has 0 bridgehead atoms. The molecule has 1 aromatic heterocycles. The number of carbonyl (C=O) groups is 2. The number of nitrogens with one attached hydrogen (secondary N) is 1. The average Bonchev–Trinajstić information content (AvgIpc) is 2.87. The molecular weight excluding hydrogens is 432 g/mol. The first kappa shape index (κ1) is 25.1. The van der Waals surface area contributed by atoms with Crippen LogP contribution in [0.15, 0.2) is 47.5 Å². The van der Waals surface area contributed by atoms with E-state index in [9.17, 15) is 9.59 Å². The summed E-state index contributed by atoms with van der Waals surface area (Å²) >= 11 is 1.44. The van der Waals surface area contributed by atoms with Gasteiger partial charge in [0.2, 0.25) is 5.91 Å². The minimum absolute atomic E-state index is 0.126. The number of pyridine rings is 1. The zero-order valence-corrected chi connectivity index (χ0v) is 20.9. The topological polar surface area (TPSA) is 65.5 Å². The van der Waals surface area contributed by atoms with Crippen molar-refractivity contribution in [3.05, 3.63) is 53.7 Å². The number of hydrogen-bond donors (Lipinski definition) is 1. The van der Waals surface area contributed by atoms with Crippen LogP contribution in [0.5, 0.6) is 0 Å². The van der Waals surface area contributed by atoms with Crippen molar-refractivity contribution in [3.63, 3.8) is 0 Å². The van der Waals surface area contributed by atoms with E-state index in [1.165, 1.54) is 31.0 Å². The maximum Gasteiger partial charge on any atom is 0.252 e. The predicted octanol–water partition coefficient (Wildman–Crippen LogP) is 4.74. The Bertz CT molecular complexity index is 909. The molecule has 6 nitrogen and oxygen atoms in total. The Morgan fingerprint density at radius 3 is 2.45 bits per heavy atom. The van der Waals surface area contributed by atoms with Crippen LogP contribution in [-0.2, 0) is 11.3 Å². The maximum absolute atomic E-state index is 12.9. The first-order valence-corrected chi connectivity index (χ1v) is 13.0. The molecule has 0 atom stereocenters. The summed E-state index contributed by atoms with van der Waals surface area (Å²) in [6, 6.07) is 11.8. The number of carbonyl (C=O) groups excluding carboxylic acids is 2. The number of anilines is 1. The lowest BCUT2D eigenvalue weighted by Gasteiger charge is -2.31. The third-order valence-electron chi connectivity index (χ3n) is 6.35. The van der Waals surface area contributed by atoms with Crippen LogP contribution in [0.1, 0.15) is 61.9 Å². The Morgan fingerprint density at radius 1 is 1.06 bits per heavy atom. The van der Waals surface area contributed by atoms with E-state index in [1.54, 1.807) is 0 Å². The van der Waals surface area contributed by atoms with Crippen LogP contribution >= 0.6 is 11.8 Å². The highest BCUT2D eigenvalue weighted by Gasteiger charge is 2.22. The summed E-state index contributed by atoms with van der Waals surface area (Å²) in [6.45, 7) is 6.44. The molecule has 1 N–H and O–H groups in total. The molecule has 0 saturated heterocycles. The zero-order valence-electron chi connectivity index (χ0n) is 20.0. The van der Waals surface area contributed by atoms with E-state index in [2.05, 4.69) is 29.0 Å². The molecule has 1 heterocycles. The van der Waals surface area contributed by atoms with Crippen molar-refractivity contribution in [1.82, 2.24) is 15.2 Å². The second-order valence-electron chi connectivity index (χ2n) is 8.46. The lowest BCUT2D eigenvalue weighted by atomic mass is 9.94. The molecule has 1 saturated carbocycles. The summed E-state index contributed by atoms with van der Waals surface area (Å²) in [5.41, 5.74) is 1.55. The largest absolute Gasteiger partial charge is 0.357 e. The Kier molecular flexibility index (Phi) is 9.61. The molecule has 0 aliphatic heterocycles. The van der Waals surface area contributed by atoms with Gasteiger partial charge in [0.15, 0.2) is 0 Å². The van der Waals surface area contributed by atoms with Crippen LogP contribution in [0.3, 0.4) is 0 Å². The van der Waals surface area contributed by atoms with Crippen LogP contribution in [0.25, 0.3) is 0 Å². The third kappa shape index (κ3) is 6.97. The lowest BCUT2D eigenvalue weighted by molar-refractivity contribution is -0.129. The van der Waals surface area contributed by atoms with Crippen molar-refractivity contribution >= 4 is 29.4 Å². The van der Waals surface area contributed by atoms with E-state index >= 15 is 0 Å². The number of aromatic nitrogens is 1. The van der Waals surface area contributed by atoms with Gasteiger partial charge in [0.05, 0.1) is 11.3 Å². The summed E-state index contributed by atoms with van der Waals surface area (Å²) in [5.74, 6) is 1.27. The van der Waals surface area contributed by atoms with Crippen molar-refractivity contribution in [2.75, 3.05) is 30.8 Å².